The van der Waals surface area contributed by atoms with Gasteiger partial charge in [0.1, 0.15) is 11.2 Å². The van der Waals surface area contributed by atoms with Gasteiger partial charge in [0.2, 0.25) is 0 Å². The summed E-state index contributed by atoms with van der Waals surface area (Å²) >= 11 is 0. The highest BCUT2D eigenvalue weighted by Gasteiger charge is 2.61. The minimum atomic E-state index is 0.221. The number of anilines is 3. The maximum Gasteiger partial charge on any atom is 0.137 e. The molecular formula is C46H37NO. The van der Waals surface area contributed by atoms with Crippen LogP contribution < -0.4 is 4.90 Å². The Kier molecular flexibility index (Phi) is 5.59. The molecule has 48 heavy (non-hydrogen) atoms. The molecule has 2 nitrogen and oxygen atoms in total. The summed E-state index contributed by atoms with van der Waals surface area (Å²) in [5.41, 5.74) is 14.1. The Morgan fingerprint density at radius 3 is 1.90 bits per heavy atom. The van der Waals surface area contributed by atoms with Crippen LogP contribution in [0.4, 0.5) is 17.1 Å². The zero-order chi connectivity index (χ0) is 31.4. The standard InChI is InChI=1S/C46H37NO/c1-2-8-35(9-3-1)47(37-19-20-40-39-11-5-7-13-44(39)48-45(40)28-37)36-17-14-31(15-18-36)32-16-21-43-41(27-32)38-10-4-6-12-42(38)46(43)33-23-29-22-30(25-33)26-34(46)24-29/h1-21,27-30,33-34H,22-26H2. The highest BCUT2D eigenvalue weighted by atomic mass is 16.3. The number of hydrogen-bond acceptors (Lipinski definition) is 2. The number of nitrogens with zero attached hydrogens (tertiary/aromatic N) is 1. The van der Waals surface area contributed by atoms with E-state index in [1.165, 1.54) is 54.4 Å². The van der Waals surface area contributed by atoms with Crippen molar-refractivity contribution < 1.29 is 4.42 Å². The lowest BCUT2D eigenvalue weighted by Crippen LogP contribution is -2.55. The maximum absolute atomic E-state index is 6.30. The molecule has 1 spiro atoms. The molecule has 6 aromatic carbocycles. The minimum absolute atomic E-state index is 0.221. The van der Waals surface area contributed by atoms with Crippen molar-refractivity contribution in [1.82, 2.24) is 0 Å². The summed E-state index contributed by atoms with van der Waals surface area (Å²) in [6.45, 7) is 0. The Bertz CT molecular complexity index is 2340. The van der Waals surface area contributed by atoms with Crippen molar-refractivity contribution in [1.29, 1.82) is 0 Å². The highest BCUT2D eigenvalue weighted by molar-refractivity contribution is 6.06. The van der Waals surface area contributed by atoms with E-state index in [2.05, 4.69) is 132 Å². The molecular weight excluding hydrogens is 583 g/mol. The van der Waals surface area contributed by atoms with Gasteiger partial charge >= 0.3 is 0 Å². The molecule has 5 aliphatic rings. The topological polar surface area (TPSA) is 16.4 Å². The van der Waals surface area contributed by atoms with E-state index in [1.807, 2.05) is 12.1 Å². The second-order valence-electron chi connectivity index (χ2n) is 15.0. The normalized spacial score (nSPS) is 24.8. The number of hydrogen-bond donors (Lipinski definition) is 0. The molecule has 0 saturated heterocycles. The molecule has 12 rings (SSSR count). The van der Waals surface area contributed by atoms with Gasteiger partial charge in [-0.15, -0.1) is 0 Å². The van der Waals surface area contributed by atoms with Gasteiger partial charge in [0, 0.05) is 39.3 Å². The largest absolute Gasteiger partial charge is 0.456 e. The van der Waals surface area contributed by atoms with Crippen molar-refractivity contribution in [2.45, 2.75) is 37.5 Å². The van der Waals surface area contributed by atoms with Crippen LogP contribution in [-0.4, -0.2) is 0 Å². The Morgan fingerprint density at radius 1 is 0.458 bits per heavy atom. The molecule has 0 unspecified atom stereocenters. The Hall–Kier alpha value is -5.08. The van der Waals surface area contributed by atoms with Crippen molar-refractivity contribution in [3.8, 4) is 22.3 Å². The second kappa shape index (κ2) is 9.97. The molecule has 0 aliphatic heterocycles. The van der Waals surface area contributed by atoms with Gasteiger partial charge < -0.3 is 9.32 Å². The summed E-state index contributed by atoms with van der Waals surface area (Å²) in [6.07, 6.45) is 7.18. The number of furan rings is 1. The summed E-state index contributed by atoms with van der Waals surface area (Å²) in [6, 6.07) is 51.5. The molecule has 4 bridgehead atoms. The van der Waals surface area contributed by atoms with Crippen LogP contribution in [0, 0.1) is 23.7 Å². The van der Waals surface area contributed by atoms with E-state index >= 15 is 0 Å². The van der Waals surface area contributed by atoms with E-state index in [9.17, 15) is 0 Å². The van der Waals surface area contributed by atoms with Gasteiger partial charge in [-0.05, 0) is 138 Å². The SMILES string of the molecule is c1ccc(N(c2ccc(-c3ccc4c(c3)-c3ccccc3C43C4CC5CC(C4)CC3C5)cc2)c2ccc3c(c2)oc2ccccc23)cc1. The second-order valence-corrected chi connectivity index (χ2v) is 15.0. The first-order chi connectivity index (χ1) is 23.7. The summed E-state index contributed by atoms with van der Waals surface area (Å²) in [7, 11) is 0. The maximum atomic E-state index is 6.30. The predicted molar refractivity (Wildman–Crippen MR) is 197 cm³/mol. The van der Waals surface area contributed by atoms with Gasteiger partial charge in [-0.25, -0.2) is 0 Å². The number of rotatable bonds is 4. The number of para-hydroxylation sites is 2. The van der Waals surface area contributed by atoms with E-state index in [1.54, 1.807) is 11.1 Å². The van der Waals surface area contributed by atoms with Gasteiger partial charge in [0.05, 0.1) is 0 Å². The average Bonchev–Trinajstić information content (AvgIpc) is 3.64. The fraction of sp³-hybridized carbons (Fsp3) is 0.217. The van der Waals surface area contributed by atoms with Crippen molar-refractivity contribution in [3.05, 3.63) is 151 Å². The molecule has 5 aliphatic carbocycles. The highest BCUT2D eigenvalue weighted by Crippen LogP contribution is 2.69. The van der Waals surface area contributed by atoms with Gasteiger partial charge in [-0.2, -0.15) is 0 Å². The van der Waals surface area contributed by atoms with Crippen LogP contribution in [0.15, 0.2) is 144 Å². The van der Waals surface area contributed by atoms with E-state index in [4.69, 9.17) is 4.42 Å². The summed E-state index contributed by atoms with van der Waals surface area (Å²) < 4.78 is 6.30. The van der Waals surface area contributed by atoms with Gasteiger partial charge in [-0.1, -0.05) is 84.9 Å². The first-order valence-corrected chi connectivity index (χ1v) is 17.9. The zero-order valence-electron chi connectivity index (χ0n) is 27.0. The van der Waals surface area contributed by atoms with Crippen LogP contribution in [0.2, 0.25) is 0 Å². The third-order valence-electron chi connectivity index (χ3n) is 12.6. The molecule has 1 heterocycles. The Morgan fingerprint density at radius 2 is 1.08 bits per heavy atom. The van der Waals surface area contributed by atoms with Crippen LogP contribution in [0.25, 0.3) is 44.2 Å². The predicted octanol–water partition coefficient (Wildman–Crippen LogP) is 12.4. The summed E-state index contributed by atoms with van der Waals surface area (Å²) in [5.74, 6) is 3.51. The fourth-order valence-electron chi connectivity index (χ4n) is 11.0. The van der Waals surface area contributed by atoms with Gasteiger partial charge in [0.25, 0.3) is 0 Å². The fourth-order valence-corrected chi connectivity index (χ4v) is 11.0. The van der Waals surface area contributed by atoms with Gasteiger partial charge in [0.15, 0.2) is 0 Å². The quantitative estimate of drug-likeness (QED) is 0.195. The van der Waals surface area contributed by atoms with Crippen LogP contribution >= 0.6 is 0 Å². The van der Waals surface area contributed by atoms with Crippen LogP contribution in [-0.2, 0) is 5.41 Å². The van der Waals surface area contributed by atoms with Crippen LogP contribution in [0.3, 0.4) is 0 Å². The van der Waals surface area contributed by atoms with Crippen LogP contribution in [0.5, 0.6) is 0 Å². The van der Waals surface area contributed by atoms with Crippen molar-refractivity contribution in [2.24, 2.45) is 23.7 Å². The third-order valence-corrected chi connectivity index (χ3v) is 12.6. The molecule has 0 radical (unpaired) electrons. The molecule has 232 valence electrons. The molecule has 4 fully saturated rings. The monoisotopic (exact) mass is 619 g/mol. The third kappa shape index (κ3) is 3.69. The summed E-state index contributed by atoms with van der Waals surface area (Å²) in [4.78, 5) is 2.32. The van der Waals surface area contributed by atoms with Crippen molar-refractivity contribution >= 4 is 39.0 Å². The molecule has 0 amide bonds. The molecule has 4 saturated carbocycles. The average molecular weight is 620 g/mol. The van der Waals surface area contributed by atoms with Crippen LogP contribution in [0.1, 0.15) is 43.2 Å². The van der Waals surface area contributed by atoms with Crippen molar-refractivity contribution in [3.63, 3.8) is 0 Å². The summed E-state index contributed by atoms with van der Waals surface area (Å²) in [5, 5.41) is 2.30. The molecule has 0 atom stereocenters. The Balaban J connectivity index is 0.992. The van der Waals surface area contributed by atoms with Gasteiger partial charge in [-0.3, -0.25) is 0 Å². The van der Waals surface area contributed by atoms with Crippen molar-refractivity contribution in [2.75, 3.05) is 4.90 Å². The minimum Gasteiger partial charge on any atom is -0.456 e. The first-order valence-electron chi connectivity index (χ1n) is 17.9. The van der Waals surface area contributed by atoms with E-state index in [0.29, 0.717) is 0 Å². The number of benzene rings is 6. The lowest BCUT2D eigenvalue weighted by molar-refractivity contribution is -0.0399. The lowest BCUT2D eigenvalue weighted by Gasteiger charge is -2.61. The number of fused-ring (bicyclic) bond motifs is 6. The first kappa shape index (κ1) is 26.9. The van der Waals surface area contributed by atoms with E-state index in [0.717, 1.165) is 62.7 Å². The van der Waals surface area contributed by atoms with E-state index < -0.39 is 0 Å². The molecule has 0 N–H and O–H groups in total. The molecule has 1 aromatic heterocycles. The Labute approximate surface area is 281 Å². The molecule has 2 heteroatoms. The van der Waals surface area contributed by atoms with E-state index in [-0.39, 0.29) is 5.41 Å². The smallest absolute Gasteiger partial charge is 0.137 e. The molecule has 7 aromatic rings. The zero-order valence-corrected chi connectivity index (χ0v) is 27.0. The lowest BCUT2D eigenvalue weighted by atomic mass is 9.43.